The molecule has 1 saturated heterocycles. The minimum atomic E-state index is -3.06. The van der Waals surface area contributed by atoms with E-state index in [9.17, 15) is 18.0 Å². The molecular formula is C21H27N3O4S. The maximum atomic E-state index is 12.7. The van der Waals surface area contributed by atoms with Crippen molar-refractivity contribution in [1.29, 1.82) is 0 Å². The molecule has 0 aliphatic carbocycles. The Balaban J connectivity index is 1.57. The topological polar surface area (TPSA) is 86.8 Å². The van der Waals surface area contributed by atoms with E-state index in [0.717, 1.165) is 16.5 Å². The lowest BCUT2D eigenvalue weighted by atomic mass is 10.1. The van der Waals surface area contributed by atoms with Crippen LogP contribution in [0.3, 0.4) is 0 Å². The first-order chi connectivity index (χ1) is 13.8. The first-order valence-electron chi connectivity index (χ1n) is 9.75. The molecule has 156 valence electrons. The van der Waals surface area contributed by atoms with Gasteiger partial charge in [0.25, 0.3) is 0 Å². The highest BCUT2D eigenvalue weighted by atomic mass is 32.2. The number of hydrogen-bond acceptors (Lipinski definition) is 5. The fourth-order valence-corrected chi connectivity index (χ4v) is 5.21. The number of likely N-dealkylation sites (N-methyl/N-ethyl adjacent to an activating group) is 2. The monoisotopic (exact) mass is 417 g/mol. The molecule has 1 heterocycles. The predicted molar refractivity (Wildman–Crippen MR) is 115 cm³/mol. The average Bonchev–Trinajstić information content (AvgIpc) is 3.03. The van der Waals surface area contributed by atoms with E-state index in [2.05, 4.69) is 5.32 Å². The van der Waals surface area contributed by atoms with E-state index in [0.29, 0.717) is 13.0 Å². The van der Waals surface area contributed by atoms with Crippen molar-refractivity contribution < 1.29 is 18.0 Å². The van der Waals surface area contributed by atoms with Gasteiger partial charge in [-0.05, 0) is 36.2 Å². The molecule has 1 aliphatic heterocycles. The Labute approximate surface area is 171 Å². The Hall–Kier alpha value is -2.61. The van der Waals surface area contributed by atoms with Crippen LogP contribution in [0.2, 0.25) is 0 Å². The van der Waals surface area contributed by atoms with Crippen LogP contribution in [-0.4, -0.2) is 69.4 Å². The number of amides is 2. The maximum absolute atomic E-state index is 12.7. The molecule has 0 bridgehead atoms. The molecular weight excluding hydrogens is 390 g/mol. The smallest absolute Gasteiger partial charge is 0.242 e. The van der Waals surface area contributed by atoms with E-state index in [4.69, 9.17) is 0 Å². The fraction of sp³-hybridized carbons (Fsp3) is 0.429. The minimum Gasteiger partial charge on any atom is -0.365 e. The van der Waals surface area contributed by atoms with Crippen LogP contribution < -0.4 is 10.2 Å². The van der Waals surface area contributed by atoms with Gasteiger partial charge in [0.1, 0.15) is 0 Å². The third kappa shape index (κ3) is 5.47. The third-order valence-electron chi connectivity index (χ3n) is 5.21. The van der Waals surface area contributed by atoms with Crippen LogP contribution in [0.25, 0.3) is 10.8 Å². The molecule has 1 fully saturated rings. The van der Waals surface area contributed by atoms with Crippen LogP contribution >= 0.6 is 0 Å². The summed E-state index contributed by atoms with van der Waals surface area (Å²) in [5.41, 5.74) is 0.925. The van der Waals surface area contributed by atoms with Crippen molar-refractivity contribution in [2.45, 2.75) is 19.4 Å². The second-order valence-corrected chi connectivity index (χ2v) is 9.69. The van der Waals surface area contributed by atoms with E-state index in [1.54, 1.807) is 0 Å². The summed E-state index contributed by atoms with van der Waals surface area (Å²) in [5, 5.41) is 4.97. The zero-order valence-corrected chi connectivity index (χ0v) is 17.6. The second kappa shape index (κ2) is 8.82. The molecule has 0 spiro atoms. The summed E-state index contributed by atoms with van der Waals surface area (Å²) in [7, 11) is -1.21. The number of anilines is 1. The summed E-state index contributed by atoms with van der Waals surface area (Å²) in [4.78, 5) is 28.3. The molecule has 1 N–H and O–H groups in total. The molecule has 1 aliphatic rings. The highest BCUT2D eigenvalue weighted by Crippen LogP contribution is 2.21. The van der Waals surface area contributed by atoms with E-state index in [-0.39, 0.29) is 42.5 Å². The van der Waals surface area contributed by atoms with Crippen LogP contribution in [0.4, 0.5) is 5.69 Å². The molecule has 2 aromatic carbocycles. The van der Waals surface area contributed by atoms with Gasteiger partial charge in [0.15, 0.2) is 9.84 Å². The molecule has 2 aromatic rings. The van der Waals surface area contributed by atoms with Crippen LogP contribution in [0.1, 0.15) is 13.3 Å². The van der Waals surface area contributed by atoms with Gasteiger partial charge in [-0.25, -0.2) is 8.42 Å². The van der Waals surface area contributed by atoms with Crippen LogP contribution in [0.5, 0.6) is 0 Å². The summed E-state index contributed by atoms with van der Waals surface area (Å²) < 4.78 is 23.1. The largest absolute Gasteiger partial charge is 0.365 e. The van der Waals surface area contributed by atoms with Gasteiger partial charge in [0.05, 0.1) is 24.6 Å². The molecule has 8 heteroatoms. The average molecular weight is 418 g/mol. The Morgan fingerprint density at radius 3 is 2.48 bits per heavy atom. The van der Waals surface area contributed by atoms with E-state index in [1.165, 1.54) is 4.90 Å². The van der Waals surface area contributed by atoms with Gasteiger partial charge in [-0.3, -0.25) is 9.59 Å². The number of sulfone groups is 1. The zero-order chi connectivity index (χ0) is 21.0. The normalized spacial score (nSPS) is 17.8. The standard InChI is InChI=1S/C21H27N3O4S/c1-3-24(13-20(25)22-18-10-11-29(27,28)15-18)21(26)14-23(2)19-9-8-16-6-4-5-7-17(16)12-19/h4-9,12,18H,3,10-11,13-15H2,1-2H3,(H,22,25)/t18-/m0/s1. The maximum Gasteiger partial charge on any atom is 0.242 e. The molecule has 2 amide bonds. The molecule has 0 unspecified atom stereocenters. The van der Waals surface area contributed by atoms with Gasteiger partial charge in [0, 0.05) is 25.3 Å². The zero-order valence-electron chi connectivity index (χ0n) is 16.8. The molecule has 0 radical (unpaired) electrons. The number of fused-ring (bicyclic) bond motifs is 1. The van der Waals surface area contributed by atoms with Gasteiger partial charge < -0.3 is 15.1 Å². The third-order valence-corrected chi connectivity index (χ3v) is 6.98. The predicted octanol–water partition coefficient (Wildman–Crippen LogP) is 1.43. The van der Waals surface area contributed by atoms with Crippen molar-refractivity contribution in [3.05, 3.63) is 42.5 Å². The van der Waals surface area contributed by atoms with Crippen molar-refractivity contribution in [2.75, 3.05) is 43.1 Å². The summed E-state index contributed by atoms with van der Waals surface area (Å²) in [5.74, 6) is -0.401. The summed E-state index contributed by atoms with van der Waals surface area (Å²) in [6.07, 6.45) is 0.429. The van der Waals surface area contributed by atoms with Gasteiger partial charge in [-0.15, -0.1) is 0 Å². The van der Waals surface area contributed by atoms with E-state index >= 15 is 0 Å². The van der Waals surface area contributed by atoms with Crippen LogP contribution in [0.15, 0.2) is 42.5 Å². The highest BCUT2D eigenvalue weighted by molar-refractivity contribution is 7.91. The Kier molecular flexibility index (Phi) is 6.42. The van der Waals surface area contributed by atoms with Gasteiger partial charge in [0.2, 0.25) is 11.8 Å². The molecule has 7 nitrogen and oxygen atoms in total. The number of nitrogens with zero attached hydrogens (tertiary/aromatic N) is 2. The van der Waals surface area contributed by atoms with E-state index in [1.807, 2.05) is 61.3 Å². The lowest BCUT2D eigenvalue weighted by Crippen LogP contribution is -2.46. The highest BCUT2D eigenvalue weighted by Gasteiger charge is 2.29. The quantitative estimate of drug-likeness (QED) is 0.736. The summed E-state index contributed by atoms with van der Waals surface area (Å²) in [6.45, 7) is 2.30. The lowest BCUT2D eigenvalue weighted by Gasteiger charge is -2.25. The summed E-state index contributed by atoms with van der Waals surface area (Å²) in [6, 6.07) is 13.7. The summed E-state index contributed by atoms with van der Waals surface area (Å²) >= 11 is 0. The van der Waals surface area contributed by atoms with Crippen molar-refractivity contribution in [3.8, 4) is 0 Å². The Morgan fingerprint density at radius 2 is 1.83 bits per heavy atom. The molecule has 29 heavy (non-hydrogen) atoms. The first-order valence-corrected chi connectivity index (χ1v) is 11.6. The molecule has 0 aromatic heterocycles. The number of rotatable bonds is 7. The number of hydrogen-bond donors (Lipinski definition) is 1. The minimum absolute atomic E-state index is 0.0243. The van der Waals surface area contributed by atoms with E-state index < -0.39 is 9.84 Å². The van der Waals surface area contributed by atoms with Crippen LogP contribution in [0, 0.1) is 0 Å². The fourth-order valence-electron chi connectivity index (χ4n) is 3.54. The number of benzene rings is 2. The van der Waals surface area contributed by atoms with Crippen LogP contribution in [-0.2, 0) is 19.4 Å². The van der Waals surface area contributed by atoms with Crippen molar-refractivity contribution in [1.82, 2.24) is 10.2 Å². The Bertz CT molecular complexity index is 1010. The number of nitrogens with one attached hydrogen (secondary N) is 1. The lowest BCUT2D eigenvalue weighted by molar-refractivity contribution is -0.134. The van der Waals surface area contributed by atoms with Gasteiger partial charge in [-0.2, -0.15) is 0 Å². The van der Waals surface area contributed by atoms with Gasteiger partial charge >= 0.3 is 0 Å². The molecule has 0 saturated carbocycles. The van der Waals surface area contributed by atoms with Crippen molar-refractivity contribution in [3.63, 3.8) is 0 Å². The SMILES string of the molecule is CCN(CC(=O)N[C@H]1CCS(=O)(=O)C1)C(=O)CN(C)c1ccc2ccccc2c1. The van der Waals surface area contributed by atoms with Crippen molar-refractivity contribution >= 4 is 38.1 Å². The molecule has 3 rings (SSSR count). The number of carbonyl (C=O) groups excluding carboxylic acids is 2. The second-order valence-electron chi connectivity index (χ2n) is 7.46. The molecule has 1 atom stereocenters. The van der Waals surface area contributed by atoms with Crippen molar-refractivity contribution in [2.24, 2.45) is 0 Å². The number of carbonyl (C=O) groups is 2. The Morgan fingerprint density at radius 1 is 1.10 bits per heavy atom. The van der Waals surface area contributed by atoms with Gasteiger partial charge in [-0.1, -0.05) is 30.3 Å². The first kappa shape index (κ1) is 21.1.